The van der Waals surface area contributed by atoms with Gasteiger partial charge in [0.2, 0.25) is 0 Å². The van der Waals surface area contributed by atoms with Crippen molar-refractivity contribution in [3.05, 3.63) is 17.5 Å². The van der Waals surface area contributed by atoms with Crippen LogP contribution >= 0.6 is 11.8 Å². The molecule has 18 heavy (non-hydrogen) atoms. The van der Waals surface area contributed by atoms with Gasteiger partial charge in [-0.15, -0.1) is 0 Å². The quantitative estimate of drug-likeness (QED) is 0.631. The monoisotopic (exact) mass is 264 g/mol. The third kappa shape index (κ3) is 5.48. The molecule has 1 rings (SSSR count). The molecule has 0 spiro atoms. The lowest BCUT2D eigenvalue weighted by Crippen LogP contribution is -2.33. The molecule has 1 atom stereocenters. The first kappa shape index (κ1) is 14.9. The highest BCUT2D eigenvalue weighted by atomic mass is 32.2. The molecule has 1 heterocycles. The minimum Gasteiger partial charge on any atom is -0.300 e. The van der Waals surface area contributed by atoms with Crippen LogP contribution in [0.5, 0.6) is 0 Å². The smallest absolute Gasteiger partial charge is 0.187 e. The minimum atomic E-state index is -0.0941. The summed E-state index contributed by atoms with van der Waals surface area (Å²) in [5, 5.41) is 13.0. The first-order valence-corrected chi connectivity index (χ1v) is 7.10. The van der Waals surface area contributed by atoms with Gasteiger partial charge < -0.3 is 0 Å². The number of thioether (sulfide) groups is 1. The number of nitriles is 1. The topological polar surface area (TPSA) is 61.6 Å². The number of hydrogen-bond donors (Lipinski definition) is 1. The zero-order valence-corrected chi connectivity index (χ0v) is 12.2. The second-order valence-corrected chi connectivity index (χ2v) is 5.64. The summed E-state index contributed by atoms with van der Waals surface area (Å²) in [4.78, 5) is 8.73. The summed E-state index contributed by atoms with van der Waals surface area (Å²) in [7, 11) is 0. The standard InChI is InChI=1S/C13H20N4S/c1-9(2)15-12(8-14)5-6-18-13-16-10(3)7-11(4)17-13/h7,9,12,15H,5-6H2,1-4H3. The molecule has 0 aliphatic carbocycles. The van der Waals surface area contributed by atoms with Crippen LogP contribution in [0.2, 0.25) is 0 Å². The molecule has 0 amide bonds. The van der Waals surface area contributed by atoms with Crippen molar-refractivity contribution in [3.8, 4) is 6.07 Å². The van der Waals surface area contributed by atoms with Gasteiger partial charge >= 0.3 is 0 Å². The van der Waals surface area contributed by atoms with Gasteiger partial charge in [0.15, 0.2) is 5.16 Å². The van der Waals surface area contributed by atoms with E-state index in [0.717, 1.165) is 28.7 Å². The lowest BCUT2D eigenvalue weighted by atomic mass is 10.2. The van der Waals surface area contributed by atoms with Crippen molar-refractivity contribution in [2.75, 3.05) is 5.75 Å². The van der Waals surface area contributed by atoms with E-state index < -0.39 is 0 Å². The second-order valence-electron chi connectivity index (χ2n) is 4.57. The number of aromatic nitrogens is 2. The average molecular weight is 264 g/mol. The molecule has 1 aromatic heterocycles. The Balaban J connectivity index is 2.43. The van der Waals surface area contributed by atoms with Gasteiger partial charge in [-0.1, -0.05) is 11.8 Å². The molecular weight excluding hydrogens is 244 g/mol. The highest BCUT2D eigenvalue weighted by Crippen LogP contribution is 2.15. The van der Waals surface area contributed by atoms with Crippen molar-refractivity contribution in [3.63, 3.8) is 0 Å². The molecule has 0 saturated carbocycles. The summed E-state index contributed by atoms with van der Waals surface area (Å²) in [6.45, 7) is 8.03. The van der Waals surface area contributed by atoms with E-state index in [-0.39, 0.29) is 6.04 Å². The minimum absolute atomic E-state index is 0.0941. The highest BCUT2D eigenvalue weighted by molar-refractivity contribution is 7.99. The Morgan fingerprint density at radius 3 is 2.44 bits per heavy atom. The third-order valence-electron chi connectivity index (χ3n) is 2.29. The van der Waals surface area contributed by atoms with Gasteiger partial charge in [-0.2, -0.15) is 5.26 Å². The summed E-state index contributed by atoms with van der Waals surface area (Å²) in [6, 6.07) is 4.47. The van der Waals surface area contributed by atoms with E-state index in [1.54, 1.807) is 11.8 Å². The summed E-state index contributed by atoms with van der Waals surface area (Å²) >= 11 is 1.61. The lowest BCUT2D eigenvalue weighted by Gasteiger charge is -2.13. The van der Waals surface area contributed by atoms with Crippen molar-refractivity contribution in [1.82, 2.24) is 15.3 Å². The maximum Gasteiger partial charge on any atom is 0.187 e. The van der Waals surface area contributed by atoms with E-state index in [9.17, 15) is 0 Å². The molecule has 0 aliphatic rings. The summed E-state index contributed by atoms with van der Waals surface area (Å²) in [5.74, 6) is 0.848. The van der Waals surface area contributed by atoms with E-state index in [2.05, 4.69) is 21.4 Å². The molecule has 0 aromatic carbocycles. The van der Waals surface area contributed by atoms with Crippen LogP contribution in [0.4, 0.5) is 0 Å². The number of nitrogens with zero attached hydrogens (tertiary/aromatic N) is 3. The van der Waals surface area contributed by atoms with Crippen LogP contribution in [0.15, 0.2) is 11.2 Å². The normalized spacial score (nSPS) is 12.4. The second kappa shape index (κ2) is 7.34. The number of nitrogens with one attached hydrogen (secondary N) is 1. The largest absolute Gasteiger partial charge is 0.300 e. The fraction of sp³-hybridized carbons (Fsp3) is 0.615. The SMILES string of the molecule is Cc1cc(C)nc(SCCC(C#N)NC(C)C)n1. The van der Waals surface area contributed by atoms with E-state index >= 15 is 0 Å². The van der Waals surface area contributed by atoms with E-state index in [4.69, 9.17) is 5.26 Å². The number of rotatable bonds is 6. The van der Waals surface area contributed by atoms with Gasteiger partial charge in [-0.3, -0.25) is 5.32 Å². The van der Waals surface area contributed by atoms with Crippen LogP contribution in [0.25, 0.3) is 0 Å². The molecule has 1 unspecified atom stereocenters. The fourth-order valence-electron chi connectivity index (χ4n) is 1.61. The Hall–Kier alpha value is -1.12. The summed E-state index contributed by atoms with van der Waals surface area (Å²) < 4.78 is 0. The van der Waals surface area contributed by atoms with E-state index in [0.29, 0.717) is 6.04 Å². The molecule has 1 N–H and O–H groups in total. The molecule has 5 heteroatoms. The Kier molecular flexibility index (Phi) is 6.10. The lowest BCUT2D eigenvalue weighted by molar-refractivity contribution is 0.522. The van der Waals surface area contributed by atoms with Crippen LogP contribution < -0.4 is 5.32 Å². The molecule has 4 nitrogen and oxygen atoms in total. The Morgan fingerprint density at radius 1 is 1.33 bits per heavy atom. The Bertz CT molecular complexity index is 405. The Morgan fingerprint density at radius 2 is 1.94 bits per heavy atom. The van der Waals surface area contributed by atoms with Crippen molar-refractivity contribution in [2.24, 2.45) is 0 Å². The van der Waals surface area contributed by atoms with Gasteiger partial charge in [-0.05, 0) is 40.2 Å². The first-order valence-electron chi connectivity index (χ1n) is 6.12. The van der Waals surface area contributed by atoms with E-state index in [1.165, 1.54) is 0 Å². The molecule has 98 valence electrons. The highest BCUT2D eigenvalue weighted by Gasteiger charge is 2.09. The van der Waals surface area contributed by atoms with Crippen LogP contribution in [0, 0.1) is 25.2 Å². The molecule has 0 fully saturated rings. The third-order valence-corrected chi connectivity index (χ3v) is 3.17. The predicted octanol–water partition coefficient (Wildman–Crippen LogP) is 2.47. The predicted molar refractivity (Wildman–Crippen MR) is 74.5 cm³/mol. The molecule has 0 saturated heterocycles. The number of hydrogen-bond acceptors (Lipinski definition) is 5. The summed E-state index contributed by atoms with van der Waals surface area (Å²) in [6.07, 6.45) is 0.801. The molecule has 0 radical (unpaired) electrons. The van der Waals surface area contributed by atoms with Crippen molar-refractivity contribution >= 4 is 11.8 Å². The summed E-state index contributed by atoms with van der Waals surface area (Å²) in [5.41, 5.74) is 1.98. The Labute approximate surface area is 113 Å². The van der Waals surface area contributed by atoms with Gasteiger partial charge in [0.05, 0.1) is 12.1 Å². The molecule has 1 aromatic rings. The van der Waals surface area contributed by atoms with Crippen molar-refractivity contribution < 1.29 is 0 Å². The zero-order valence-electron chi connectivity index (χ0n) is 11.4. The van der Waals surface area contributed by atoms with Gasteiger partial charge in [0.1, 0.15) is 0 Å². The average Bonchev–Trinajstić information content (AvgIpc) is 2.25. The maximum absolute atomic E-state index is 9.01. The van der Waals surface area contributed by atoms with Crippen LogP contribution in [0.3, 0.4) is 0 Å². The van der Waals surface area contributed by atoms with Crippen LogP contribution in [-0.2, 0) is 0 Å². The van der Waals surface area contributed by atoms with Gasteiger partial charge in [-0.25, -0.2) is 9.97 Å². The molecule has 0 bridgehead atoms. The molecule has 0 aliphatic heterocycles. The van der Waals surface area contributed by atoms with Crippen molar-refractivity contribution in [1.29, 1.82) is 5.26 Å². The van der Waals surface area contributed by atoms with Crippen LogP contribution in [0.1, 0.15) is 31.7 Å². The van der Waals surface area contributed by atoms with Crippen LogP contribution in [-0.4, -0.2) is 27.8 Å². The maximum atomic E-state index is 9.01. The van der Waals surface area contributed by atoms with Gasteiger partial charge in [0.25, 0.3) is 0 Å². The molecular formula is C13H20N4S. The van der Waals surface area contributed by atoms with Gasteiger partial charge in [0, 0.05) is 23.2 Å². The first-order chi connectivity index (χ1) is 8.51. The fourth-order valence-corrected chi connectivity index (χ4v) is 2.57. The number of aryl methyl sites for hydroxylation is 2. The zero-order chi connectivity index (χ0) is 13.5. The van der Waals surface area contributed by atoms with Crippen molar-refractivity contribution in [2.45, 2.75) is 51.4 Å². The van der Waals surface area contributed by atoms with E-state index in [1.807, 2.05) is 33.8 Å².